The van der Waals surface area contributed by atoms with Gasteiger partial charge >= 0.3 is 5.97 Å². The molecule has 0 unspecified atom stereocenters. The first kappa shape index (κ1) is 11.0. The highest BCUT2D eigenvalue weighted by Crippen LogP contribution is 2.21. The smallest absolute Gasteiger partial charge is 0.340 e. The van der Waals surface area contributed by atoms with Gasteiger partial charge < -0.3 is 5.11 Å². The van der Waals surface area contributed by atoms with Crippen molar-refractivity contribution in [3.8, 4) is 5.69 Å². The third-order valence-electron chi connectivity index (χ3n) is 1.99. The van der Waals surface area contributed by atoms with Crippen LogP contribution in [0.2, 0.25) is 10.2 Å². The van der Waals surface area contributed by atoms with E-state index in [1.54, 1.807) is 24.3 Å². The molecule has 0 fully saturated rings. The lowest BCUT2D eigenvalue weighted by atomic mass is 10.3. The van der Waals surface area contributed by atoms with Gasteiger partial charge in [0.1, 0.15) is 10.7 Å². The highest BCUT2D eigenvalue weighted by atomic mass is 35.5. The second kappa shape index (κ2) is 4.15. The minimum absolute atomic E-state index is 0.0401. The van der Waals surface area contributed by atoms with Gasteiger partial charge in [-0.25, -0.2) is 9.48 Å². The van der Waals surface area contributed by atoms with Crippen LogP contribution < -0.4 is 0 Å². The molecule has 0 aliphatic carbocycles. The molecular weight excluding hydrogens is 251 g/mol. The lowest BCUT2D eigenvalue weighted by Gasteiger charge is -2.03. The summed E-state index contributed by atoms with van der Waals surface area (Å²) in [5.74, 6) is -1.11. The highest BCUT2D eigenvalue weighted by Gasteiger charge is 2.15. The third kappa shape index (κ3) is 1.89. The number of aromatic nitrogens is 2. The molecule has 0 atom stereocenters. The Morgan fingerprint density at radius 3 is 2.69 bits per heavy atom. The molecule has 16 heavy (non-hydrogen) atoms. The van der Waals surface area contributed by atoms with Crippen LogP contribution in [-0.2, 0) is 0 Å². The van der Waals surface area contributed by atoms with Crippen molar-refractivity contribution in [1.29, 1.82) is 0 Å². The van der Waals surface area contributed by atoms with Crippen molar-refractivity contribution in [2.75, 3.05) is 0 Å². The molecule has 82 valence electrons. The number of nitrogens with zero attached hydrogens (tertiary/aromatic N) is 2. The SMILES string of the molecule is O=C(O)c1cnn(-c2cccc(Cl)c2)c1Cl. The zero-order valence-electron chi connectivity index (χ0n) is 7.89. The molecule has 2 aromatic rings. The van der Waals surface area contributed by atoms with E-state index >= 15 is 0 Å². The van der Waals surface area contributed by atoms with Crippen LogP contribution in [0.1, 0.15) is 10.4 Å². The predicted molar refractivity (Wildman–Crippen MR) is 60.5 cm³/mol. The topological polar surface area (TPSA) is 55.1 Å². The number of hydrogen-bond donors (Lipinski definition) is 1. The molecular formula is C10H6Cl2N2O2. The van der Waals surface area contributed by atoms with Crippen molar-refractivity contribution in [2.45, 2.75) is 0 Å². The van der Waals surface area contributed by atoms with Gasteiger partial charge in [-0.2, -0.15) is 5.10 Å². The molecule has 1 aromatic heterocycles. The number of halogens is 2. The molecule has 0 bridgehead atoms. The van der Waals surface area contributed by atoms with Crippen LogP contribution in [-0.4, -0.2) is 20.9 Å². The van der Waals surface area contributed by atoms with Crippen molar-refractivity contribution < 1.29 is 9.90 Å². The molecule has 1 aromatic carbocycles. The van der Waals surface area contributed by atoms with E-state index in [1.807, 2.05) is 0 Å². The number of aromatic carboxylic acids is 1. The minimum atomic E-state index is -1.11. The lowest BCUT2D eigenvalue weighted by molar-refractivity contribution is 0.0697. The lowest BCUT2D eigenvalue weighted by Crippen LogP contribution is -1.98. The number of rotatable bonds is 2. The average molecular weight is 257 g/mol. The largest absolute Gasteiger partial charge is 0.478 e. The summed E-state index contributed by atoms with van der Waals surface area (Å²) in [6.07, 6.45) is 1.20. The van der Waals surface area contributed by atoms with Crippen LogP contribution in [0.5, 0.6) is 0 Å². The van der Waals surface area contributed by atoms with Gasteiger partial charge in [0.25, 0.3) is 0 Å². The van der Waals surface area contributed by atoms with Crippen molar-refractivity contribution in [2.24, 2.45) is 0 Å². The fourth-order valence-electron chi connectivity index (χ4n) is 1.26. The first-order chi connectivity index (χ1) is 7.59. The predicted octanol–water partition coefficient (Wildman–Crippen LogP) is 2.88. The third-order valence-corrected chi connectivity index (χ3v) is 2.59. The zero-order valence-corrected chi connectivity index (χ0v) is 9.40. The number of carboxylic acid groups (broad SMARTS) is 1. The second-order valence-corrected chi connectivity index (χ2v) is 3.84. The quantitative estimate of drug-likeness (QED) is 0.899. The molecule has 0 saturated heterocycles. The standard InChI is InChI=1S/C10H6Cl2N2O2/c11-6-2-1-3-7(4-6)14-9(12)8(5-13-14)10(15)16/h1-5H,(H,15,16). The van der Waals surface area contributed by atoms with Gasteiger partial charge in [-0.1, -0.05) is 29.3 Å². The highest BCUT2D eigenvalue weighted by molar-refractivity contribution is 6.33. The van der Waals surface area contributed by atoms with Crippen LogP contribution in [0.15, 0.2) is 30.5 Å². The van der Waals surface area contributed by atoms with E-state index in [4.69, 9.17) is 28.3 Å². The summed E-state index contributed by atoms with van der Waals surface area (Å²) < 4.78 is 1.32. The number of benzene rings is 1. The fourth-order valence-corrected chi connectivity index (χ4v) is 1.72. The van der Waals surface area contributed by atoms with Crippen LogP contribution in [0.4, 0.5) is 0 Å². The molecule has 1 heterocycles. The van der Waals surface area contributed by atoms with Crippen LogP contribution in [0.25, 0.3) is 5.69 Å². The Morgan fingerprint density at radius 2 is 2.12 bits per heavy atom. The molecule has 1 N–H and O–H groups in total. The Balaban J connectivity index is 2.53. The van der Waals surface area contributed by atoms with Gasteiger partial charge in [-0.3, -0.25) is 0 Å². The maximum Gasteiger partial charge on any atom is 0.340 e. The van der Waals surface area contributed by atoms with Crippen LogP contribution in [0.3, 0.4) is 0 Å². The maximum atomic E-state index is 10.8. The molecule has 0 aliphatic heterocycles. The van der Waals surface area contributed by atoms with Gasteiger partial charge in [0.2, 0.25) is 0 Å². The average Bonchev–Trinajstić information content (AvgIpc) is 2.60. The Morgan fingerprint density at radius 1 is 1.38 bits per heavy atom. The summed E-state index contributed by atoms with van der Waals surface area (Å²) >= 11 is 11.7. The number of carbonyl (C=O) groups is 1. The van der Waals surface area contributed by atoms with Crippen LogP contribution >= 0.6 is 23.2 Å². The Kier molecular flexibility index (Phi) is 2.85. The van der Waals surface area contributed by atoms with E-state index in [-0.39, 0.29) is 10.7 Å². The zero-order chi connectivity index (χ0) is 11.7. The summed E-state index contributed by atoms with van der Waals surface area (Å²) in [5.41, 5.74) is 0.576. The van der Waals surface area contributed by atoms with Gasteiger partial charge in [0.05, 0.1) is 11.9 Å². The van der Waals surface area contributed by atoms with Gasteiger partial charge in [-0.05, 0) is 18.2 Å². The Hall–Kier alpha value is -1.52. The summed E-state index contributed by atoms with van der Waals surface area (Å²) in [4.78, 5) is 10.8. The van der Waals surface area contributed by atoms with Crippen LogP contribution in [0, 0.1) is 0 Å². The summed E-state index contributed by atoms with van der Waals surface area (Å²) in [5, 5.41) is 13.3. The number of hydrogen-bond acceptors (Lipinski definition) is 2. The van der Waals surface area contributed by atoms with Crippen molar-refractivity contribution in [3.05, 3.63) is 46.2 Å². The summed E-state index contributed by atoms with van der Waals surface area (Å²) in [6.45, 7) is 0. The molecule has 4 nitrogen and oxygen atoms in total. The van der Waals surface area contributed by atoms with E-state index in [9.17, 15) is 4.79 Å². The van der Waals surface area contributed by atoms with Gasteiger partial charge in [-0.15, -0.1) is 0 Å². The van der Waals surface area contributed by atoms with E-state index in [0.29, 0.717) is 10.7 Å². The normalized spacial score (nSPS) is 10.4. The van der Waals surface area contributed by atoms with E-state index in [1.165, 1.54) is 10.9 Å². The van der Waals surface area contributed by atoms with E-state index in [2.05, 4.69) is 5.10 Å². The monoisotopic (exact) mass is 256 g/mol. The van der Waals surface area contributed by atoms with Gasteiger partial charge in [0, 0.05) is 5.02 Å². The Labute approximate surface area is 101 Å². The minimum Gasteiger partial charge on any atom is -0.478 e. The van der Waals surface area contributed by atoms with Crippen molar-refractivity contribution >= 4 is 29.2 Å². The molecule has 6 heteroatoms. The van der Waals surface area contributed by atoms with Crippen molar-refractivity contribution in [3.63, 3.8) is 0 Å². The fraction of sp³-hybridized carbons (Fsp3) is 0. The van der Waals surface area contributed by atoms with Crippen molar-refractivity contribution in [1.82, 2.24) is 9.78 Å². The number of carboxylic acids is 1. The molecule has 0 amide bonds. The molecule has 0 aliphatic rings. The first-order valence-electron chi connectivity index (χ1n) is 4.32. The Bertz CT molecular complexity index is 552. The maximum absolute atomic E-state index is 10.8. The van der Waals surface area contributed by atoms with E-state index in [0.717, 1.165) is 0 Å². The van der Waals surface area contributed by atoms with E-state index < -0.39 is 5.97 Å². The summed E-state index contributed by atoms with van der Waals surface area (Å²) in [6, 6.07) is 6.82. The molecule has 2 rings (SSSR count). The second-order valence-electron chi connectivity index (χ2n) is 3.05. The summed E-state index contributed by atoms with van der Waals surface area (Å²) in [7, 11) is 0. The van der Waals surface area contributed by atoms with Gasteiger partial charge in [0.15, 0.2) is 0 Å². The molecule has 0 spiro atoms. The molecule has 0 saturated carbocycles. The molecule has 0 radical (unpaired) electrons. The first-order valence-corrected chi connectivity index (χ1v) is 5.08.